The fourth-order valence-corrected chi connectivity index (χ4v) is 2.86. The molecule has 3 rings (SSSR count). The zero-order chi connectivity index (χ0) is 13.9. The Kier molecular flexibility index (Phi) is 3.70. The molecule has 1 unspecified atom stereocenters. The van der Waals surface area contributed by atoms with E-state index in [4.69, 9.17) is 4.74 Å². The number of benzene rings is 1. The largest absolute Gasteiger partial charge is 0.493 e. The summed E-state index contributed by atoms with van der Waals surface area (Å²) in [5.74, 6) is 1.06. The van der Waals surface area contributed by atoms with Gasteiger partial charge in [-0.25, -0.2) is 0 Å². The molecule has 0 saturated carbocycles. The normalized spacial score (nSPS) is 14.7. The Morgan fingerprint density at radius 3 is 2.90 bits per heavy atom. The van der Waals surface area contributed by atoms with Gasteiger partial charge < -0.3 is 10.1 Å². The average molecular weight is 268 g/mol. The molecular formula is C17H20N2O. The van der Waals surface area contributed by atoms with Gasteiger partial charge in [-0.15, -0.1) is 0 Å². The van der Waals surface area contributed by atoms with Crippen LogP contribution >= 0.6 is 0 Å². The van der Waals surface area contributed by atoms with Crippen LogP contribution in [0.25, 0.3) is 0 Å². The first-order valence-corrected chi connectivity index (χ1v) is 7.20. The molecule has 2 heterocycles. The van der Waals surface area contributed by atoms with Crippen LogP contribution in [0.15, 0.2) is 36.5 Å². The Morgan fingerprint density at radius 2 is 2.10 bits per heavy atom. The van der Waals surface area contributed by atoms with Gasteiger partial charge in [0.05, 0.1) is 12.6 Å². The number of fused-ring (bicyclic) bond motifs is 1. The zero-order valence-electron chi connectivity index (χ0n) is 12.0. The number of hydrogen-bond acceptors (Lipinski definition) is 3. The molecule has 1 aromatic heterocycles. The van der Waals surface area contributed by atoms with Gasteiger partial charge in [-0.3, -0.25) is 4.98 Å². The second-order valence-electron chi connectivity index (χ2n) is 5.10. The van der Waals surface area contributed by atoms with Crippen molar-refractivity contribution >= 4 is 0 Å². The molecule has 20 heavy (non-hydrogen) atoms. The number of aryl methyl sites for hydroxylation is 1. The van der Waals surface area contributed by atoms with Gasteiger partial charge in [0.1, 0.15) is 5.75 Å². The number of aromatic nitrogens is 1. The molecule has 0 spiro atoms. The molecule has 0 bridgehead atoms. The summed E-state index contributed by atoms with van der Waals surface area (Å²) < 4.78 is 5.86. The van der Waals surface area contributed by atoms with E-state index < -0.39 is 0 Å². The van der Waals surface area contributed by atoms with Crippen LogP contribution in [0, 0.1) is 6.92 Å². The number of rotatable bonds is 4. The van der Waals surface area contributed by atoms with Crippen LogP contribution in [-0.4, -0.2) is 18.1 Å². The predicted octanol–water partition coefficient (Wildman–Crippen LogP) is 3.02. The molecule has 1 atom stereocenters. The van der Waals surface area contributed by atoms with Crippen molar-refractivity contribution in [3.63, 3.8) is 0 Å². The predicted molar refractivity (Wildman–Crippen MR) is 80.1 cm³/mol. The van der Waals surface area contributed by atoms with E-state index in [-0.39, 0.29) is 6.04 Å². The first-order chi connectivity index (χ1) is 9.81. The number of nitrogens with zero attached hydrogens (tertiary/aromatic N) is 1. The van der Waals surface area contributed by atoms with Crippen LogP contribution in [0.1, 0.15) is 35.3 Å². The van der Waals surface area contributed by atoms with Gasteiger partial charge in [0.2, 0.25) is 0 Å². The highest BCUT2D eigenvalue weighted by Crippen LogP contribution is 2.36. The van der Waals surface area contributed by atoms with E-state index in [2.05, 4.69) is 48.4 Å². The first-order valence-electron chi connectivity index (χ1n) is 7.20. The lowest BCUT2D eigenvalue weighted by atomic mass is 9.95. The van der Waals surface area contributed by atoms with E-state index >= 15 is 0 Å². The lowest BCUT2D eigenvalue weighted by Gasteiger charge is -2.22. The van der Waals surface area contributed by atoms with Crippen LogP contribution in [0.2, 0.25) is 0 Å². The number of ether oxygens (including phenoxy) is 1. The van der Waals surface area contributed by atoms with Gasteiger partial charge in [0, 0.05) is 23.9 Å². The van der Waals surface area contributed by atoms with Crippen LogP contribution in [-0.2, 0) is 6.42 Å². The Hall–Kier alpha value is -1.87. The second-order valence-corrected chi connectivity index (χ2v) is 5.10. The third kappa shape index (κ3) is 2.29. The minimum absolute atomic E-state index is 0.141. The summed E-state index contributed by atoms with van der Waals surface area (Å²) in [4.78, 5) is 4.42. The topological polar surface area (TPSA) is 34.2 Å². The molecule has 0 saturated heterocycles. The third-order valence-electron chi connectivity index (χ3n) is 3.82. The maximum Gasteiger partial charge on any atom is 0.127 e. The van der Waals surface area contributed by atoms with Crippen molar-refractivity contribution in [3.8, 4) is 5.75 Å². The van der Waals surface area contributed by atoms with Gasteiger partial charge in [-0.05, 0) is 30.7 Å². The fourth-order valence-electron chi connectivity index (χ4n) is 2.86. The van der Waals surface area contributed by atoms with Gasteiger partial charge in [0.15, 0.2) is 0 Å². The molecular weight excluding hydrogens is 248 g/mol. The van der Waals surface area contributed by atoms with Crippen molar-refractivity contribution in [1.29, 1.82) is 0 Å². The van der Waals surface area contributed by atoms with Gasteiger partial charge >= 0.3 is 0 Å². The highest BCUT2D eigenvalue weighted by atomic mass is 16.5. The average Bonchev–Trinajstić information content (AvgIpc) is 2.94. The Labute approximate surface area is 120 Å². The lowest BCUT2D eigenvalue weighted by Crippen LogP contribution is -2.23. The number of hydrogen-bond donors (Lipinski definition) is 1. The Bertz CT molecular complexity index is 610. The van der Waals surface area contributed by atoms with E-state index in [0.29, 0.717) is 0 Å². The number of pyridine rings is 1. The van der Waals surface area contributed by atoms with Crippen LogP contribution in [0.4, 0.5) is 0 Å². The first kappa shape index (κ1) is 13.1. The molecule has 1 aliphatic heterocycles. The summed E-state index contributed by atoms with van der Waals surface area (Å²) >= 11 is 0. The minimum atomic E-state index is 0.141. The maximum atomic E-state index is 5.86. The van der Waals surface area contributed by atoms with Crippen molar-refractivity contribution < 1.29 is 4.74 Å². The molecule has 3 nitrogen and oxygen atoms in total. The number of nitrogens with one attached hydrogen (secondary N) is 1. The van der Waals surface area contributed by atoms with Crippen LogP contribution in [0.5, 0.6) is 5.75 Å². The standard InChI is InChI=1S/C17H20N2O/c1-3-18-16(14-8-5-10-19-12(14)2)15-7-4-6-13-9-11-20-17(13)15/h4-8,10,16,18H,3,9,11H2,1-2H3. The van der Waals surface area contributed by atoms with Crippen molar-refractivity contribution in [2.24, 2.45) is 0 Å². The molecule has 0 radical (unpaired) electrons. The van der Waals surface area contributed by atoms with Crippen LogP contribution < -0.4 is 10.1 Å². The second kappa shape index (κ2) is 5.63. The Balaban J connectivity index is 2.08. The SMILES string of the molecule is CCNC(c1cccnc1C)c1cccc2c1OCC2. The quantitative estimate of drug-likeness (QED) is 0.925. The van der Waals surface area contributed by atoms with Crippen molar-refractivity contribution in [2.45, 2.75) is 26.3 Å². The molecule has 104 valence electrons. The van der Waals surface area contributed by atoms with Crippen LogP contribution in [0.3, 0.4) is 0 Å². The summed E-state index contributed by atoms with van der Waals surface area (Å²) in [7, 11) is 0. The smallest absolute Gasteiger partial charge is 0.127 e. The van der Waals surface area contributed by atoms with Crippen molar-refractivity contribution in [3.05, 3.63) is 58.9 Å². The highest BCUT2D eigenvalue weighted by molar-refractivity contribution is 5.49. The minimum Gasteiger partial charge on any atom is -0.493 e. The van der Waals surface area contributed by atoms with E-state index in [1.165, 1.54) is 16.7 Å². The summed E-state index contributed by atoms with van der Waals surface area (Å²) in [6, 6.07) is 10.7. The molecule has 1 aromatic carbocycles. The number of para-hydroxylation sites is 1. The monoisotopic (exact) mass is 268 g/mol. The molecule has 0 amide bonds. The van der Waals surface area contributed by atoms with Crippen molar-refractivity contribution in [2.75, 3.05) is 13.2 Å². The van der Waals surface area contributed by atoms with E-state index in [1.807, 2.05) is 12.3 Å². The summed E-state index contributed by atoms with van der Waals surface area (Å²) in [6.45, 7) is 5.88. The highest BCUT2D eigenvalue weighted by Gasteiger charge is 2.23. The fraction of sp³-hybridized carbons (Fsp3) is 0.353. The van der Waals surface area contributed by atoms with Gasteiger partial charge in [-0.1, -0.05) is 31.2 Å². The molecule has 2 aromatic rings. The Morgan fingerprint density at radius 1 is 1.25 bits per heavy atom. The van der Waals surface area contributed by atoms with E-state index in [9.17, 15) is 0 Å². The molecule has 3 heteroatoms. The molecule has 1 aliphatic rings. The third-order valence-corrected chi connectivity index (χ3v) is 3.82. The van der Waals surface area contributed by atoms with Gasteiger partial charge in [-0.2, -0.15) is 0 Å². The molecule has 0 fully saturated rings. The molecule has 1 N–H and O–H groups in total. The van der Waals surface area contributed by atoms with Gasteiger partial charge in [0.25, 0.3) is 0 Å². The summed E-state index contributed by atoms with van der Waals surface area (Å²) in [5, 5.41) is 3.57. The summed E-state index contributed by atoms with van der Waals surface area (Å²) in [6.07, 6.45) is 2.85. The lowest BCUT2D eigenvalue weighted by molar-refractivity contribution is 0.350. The molecule has 0 aliphatic carbocycles. The van der Waals surface area contributed by atoms with E-state index in [0.717, 1.165) is 31.0 Å². The van der Waals surface area contributed by atoms with Crippen molar-refractivity contribution in [1.82, 2.24) is 10.3 Å². The zero-order valence-corrected chi connectivity index (χ0v) is 12.0. The summed E-state index contributed by atoms with van der Waals surface area (Å²) in [5.41, 5.74) is 4.82. The maximum absolute atomic E-state index is 5.86. The van der Waals surface area contributed by atoms with E-state index in [1.54, 1.807) is 0 Å².